The highest BCUT2D eigenvalue weighted by atomic mass is 35.5. The van der Waals surface area contributed by atoms with Crippen molar-refractivity contribution in [1.82, 2.24) is 0 Å². The average Bonchev–Trinajstić information content (AvgIpc) is 2.72. The Bertz CT molecular complexity index is 1180. The zero-order valence-electron chi connectivity index (χ0n) is 15.0. The van der Waals surface area contributed by atoms with E-state index in [4.69, 9.17) is 23.2 Å². The summed E-state index contributed by atoms with van der Waals surface area (Å²) in [5, 5.41) is 22.3. The molecule has 0 atom stereocenters. The van der Waals surface area contributed by atoms with Gasteiger partial charge in [-0.3, -0.25) is 9.59 Å². The van der Waals surface area contributed by atoms with Crippen LogP contribution in [0.15, 0.2) is 60.7 Å². The van der Waals surface area contributed by atoms with Crippen LogP contribution in [0.3, 0.4) is 0 Å². The maximum Gasteiger partial charge on any atom is 0.252 e. The molecule has 0 unspecified atom stereocenters. The Labute approximate surface area is 180 Å². The number of carbonyl (C=O) groups excluding carboxylic acids is 4. The highest BCUT2D eigenvalue weighted by Crippen LogP contribution is 2.35. The van der Waals surface area contributed by atoms with Gasteiger partial charge in [0, 0.05) is 27.8 Å². The van der Waals surface area contributed by atoms with Crippen LogP contribution >= 0.6 is 23.2 Å². The number of halogens is 2. The summed E-state index contributed by atoms with van der Waals surface area (Å²) in [7, 11) is 0. The quantitative estimate of drug-likeness (QED) is 0.543. The molecule has 6 nitrogen and oxygen atoms in total. The first-order chi connectivity index (χ1) is 14.2. The number of hydrogen-bond donors (Lipinski definition) is 0. The zero-order valence-corrected chi connectivity index (χ0v) is 16.5. The van der Waals surface area contributed by atoms with Crippen LogP contribution in [0, 0.1) is 0 Å². The average molecular weight is 441 g/mol. The molecule has 0 heterocycles. The van der Waals surface area contributed by atoms with Crippen LogP contribution in [-0.2, 0) is 0 Å². The van der Waals surface area contributed by atoms with E-state index in [9.17, 15) is 29.4 Å². The molecule has 0 amide bonds. The molecule has 0 aliphatic heterocycles. The molecule has 0 spiro atoms. The standard InChI is InChI=1S/C22H12Cl2O6/c23-19(25)13-5-1-11(2-6-13)15-9-10-16(21(27)28)17(18(15)22(29)30)12-3-7-14(8-4-12)20(24)26/h1-10H,(H,27,28)(H,29,30)/p-2. The Morgan fingerprint density at radius 1 is 0.600 bits per heavy atom. The summed E-state index contributed by atoms with van der Waals surface area (Å²) >= 11 is 10.9. The smallest absolute Gasteiger partial charge is 0.252 e. The Balaban J connectivity index is 2.29. The molecular formula is C22H10Cl2O6-2. The van der Waals surface area contributed by atoms with Crippen LogP contribution in [0.5, 0.6) is 0 Å². The summed E-state index contributed by atoms with van der Waals surface area (Å²) in [6, 6.07) is 13.8. The third kappa shape index (κ3) is 4.10. The van der Waals surface area contributed by atoms with E-state index in [1.807, 2.05) is 0 Å². The van der Waals surface area contributed by atoms with Crippen LogP contribution < -0.4 is 10.2 Å². The van der Waals surface area contributed by atoms with Crippen molar-refractivity contribution in [1.29, 1.82) is 0 Å². The molecule has 0 saturated carbocycles. The summed E-state index contributed by atoms with van der Waals surface area (Å²) in [4.78, 5) is 46.2. The Kier molecular flexibility index (Phi) is 6.01. The van der Waals surface area contributed by atoms with Crippen molar-refractivity contribution in [3.63, 3.8) is 0 Å². The minimum absolute atomic E-state index is 0.140. The summed E-state index contributed by atoms with van der Waals surface area (Å²) < 4.78 is 0. The lowest BCUT2D eigenvalue weighted by Crippen LogP contribution is -2.28. The van der Waals surface area contributed by atoms with Gasteiger partial charge in [-0.25, -0.2) is 0 Å². The predicted molar refractivity (Wildman–Crippen MR) is 106 cm³/mol. The van der Waals surface area contributed by atoms with E-state index >= 15 is 0 Å². The molecule has 0 aliphatic carbocycles. The third-order valence-corrected chi connectivity index (χ3v) is 4.89. The van der Waals surface area contributed by atoms with Crippen molar-refractivity contribution in [2.45, 2.75) is 0 Å². The van der Waals surface area contributed by atoms with Gasteiger partial charge in [0.05, 0.1) is 11.9 Å². The number of carbonyl (C=O) groups is 4. The lowest BCUT2D eigenvalue weighted by Gasteiger charge is -2.21. The van der Waals surface area contributed by atoms with Gasteiger partial charge in [0.15, 0.2) is 0 Å². The highest BCUT2D eigenvalue weighted by molar-refractivity contribution is 6.68. The molecule has 0 bridgehead atoms. The molecule has 3 rings (SSSR count). The molecule has 0 fully saturated rings. The second kappa shape index (κ2) is 8.49. The van der Waals surface area contributed by atoms with Gasteiger partial charge in [-0.05, 0) is 64.2 Å². The predicted octanol–water partition coefficient (Wildman–Crippen LogP) is 2.51. The molecule has 0 aliphatic rings. The van der Waals surface area contributed by atoms with Crippen molar-refractivity contribution in [2.75, 3.05) is 0 Å². The van der Waals surface area contributed by atoms with E-state index in [-0.39, 0.29) is 38.9 Å². The van der Waals surface area contributed by atoms with Crippen molar-refractivity contribution in [2.24, 2.45) is 0 Å². The maximum atomic E-state index is 12.0. The second-order valence-corrected chi connectivity index (χ2v) is 6.87. The fraction of sp³-hybridized carbons (Fsp3) is 0. The zero-order chi connectivity index (χ0) is 22.0. The molecule has 3 aromatic rings. The lowest BCUT2D eigenvalue weighted by atomic mass is 9.87. The van der Waals surface area contributed by atoms with Gasteiger partial charge in [-0.15, -0.1) is 0 Å². The molecule has 0 radical (unpaired) electrons. The molecule has 150 valence electrons. The van der Waals surface area contributed by atoms with E-state index in [2.05, 4.69) is 0 Å². The molecule has 0 N–H and O–H groups in total. The van der Waals surface area contributed by atoms with E-state index in [1.54, 1.807) is 0 Å². The van der Waals surface area contributed by atoms with Gasteiger partial charge in [-0.1, -0.05) is 36.4 Å². The Morgan fingerprint density at radius 3 is 1.47 bits per heavy atom. The normalized spacial score (nSPS) is 10.5. The third-order valence-electron chi connectivity index (χ3n) is 4.45. The van der Waals surface area contributed by atoms with Crippen LogP contribution in [0.1, 0.15) is 41.4 Å². The maximum absolute atomic E-state index is 12.0. The first kappa shape index (κ1) is 21.2. The van der Waals surface area contributed by atoms with E-state index in [0.29, 0.717) is 5.56 Å². The number of hydrogen-bond acceptors (Lipinski definition) is 6. The van der Waals surface area contributed by atoms with E-state index in [1.165, 1.54) is 60.7 Å². The van der Waals surface area contributed by atoms with Crippen molar-refractivity contribution in [3.8, 4) is 22.3 Å². The Morgan fingerprint density at radius 2 is 1.07 bits per heavy atom. The van der Waals surface area contributed by atoms with Gasteiger partial charge >= 0.3 is 0 Å². The van der Waals surface area contributed by atoms with Gasteiger partial charge in [0.25, 0.3) is 10.5 Å². The molecule has 3 aromatic carbocycles. The van der Waals surface area contributed by atoms with Crippen LogP contribution in [-0.4, -0.2) is 22.4 Å². The fourth-order valence-electron chi connectivity index (χ4n) is 3.07. The van der Waals surface area contributed by atoms with Crippen LogP contribution in [0.25, 0.3) is 22.3 Å². The number of carboxylic acids is 2. The van der Waals surface area contributed by atoms with E-state index in [0.717, 1.165) is 0 Å². The van der Waals surface area contributed by atoms with Gasteiger partial charge < -0.3 is 19.8 Å². The second-order valence-electron chi connectivity index (χ2n) is 6.19. The topological polar surface area (TPSA) is 114 Å². The van der Waals surface area contributed by atoms with Gasteiger partial charge in [0.2, 0.25) is 0 Å². The molecule has 30 heavy (non-hydrogen) atoms. The number of aromatic carboxylic acids is 2. The first-order valence-electron chi connectivity index (χ1n) is 8.41. The monoisotopic (exact) mass is 440 g/mol. The number of benzene rings is 3. The minimum atomic E-state index is -1.61. The minimum Gasteiger partial charge on any atom is -0.545 e. The fourth-order valence-corrected chi connectivity index (χ4v) is 3.33. The molecule has 8 heteroatoms. The van der Waals surface area contributed by atoms with Crippen LogP contribution in [0.4, 0.5) is 0 Å². The summed E-state index contributed by atoms with van der Waals surface area (Å²) in [6.45, 7) is 0. The summed E-state index contributed by atoms with van der Waals surface area (Å²) in [5.74, 6) is -3.20. The highest BCUT2D eigenvalue weighted by Gasteiger charge is 2.18. The Hall–Kier alpha value is -3.48. The largest absolute Gasteiger partial charge is 0.545 e. The first-order valence-corrected chi connectivity index (χ1v) is 9.16. The van der Waals surface area contributed by atoms with Crippen molar-refractivity contribution >= 4 is 45.6 Å². The molecule has 0 aromatic heterocycles. The van der Waals surface area contributed by atoms with Gasteiger partial charge in [-0.2, -0.15) is 0 Å². The SMILES string of the molecule is O=C(Cl)c1ccc(-c2ccc(C(=O)[O-])c(-c3ccc(C(=O)Cl)cc3)c2C(=O)[O-])cc1. The lowest BCUT2D eigenvalue weighted by molar-refractivity contribution is -0.255. The van der Waals surface area contributed by atoms with Crippen LogP contribution in [0.2, 0.25) is 0 Å². The number of carboxylic acid groups (broad SMARTS) is 2. The van der Waals surface area contributed by atoms with Gasteiger partial charge in [0.1, 0.15) is 0 Å². The van der Waals surface area contributed by atoms with Crippen molar-refractivity contribution in [3.05, 3.63) is 82.9 Å². The number of rotatable bonds is 6. The molecule has 0 saturated heterocycles. The summed E-state index contributed by atoms with van der Waals surface area (Å²) in [6.07, 6.45) is 0. The van der Waals surface area contributed by atoms with E-state index < -0.39 is 22.4 Å². The molecular weight excluding hydrogens is 431 g/mol. The van der Waals surface area contributed by atoms with Crippen molar-refractivity contribution < 1.29 is 29.4 Å². The summed E-state index contributed by atoms with van der Waals surface area (Å²) in [5.41, 5.74) is 0.256.